The molecule has 0 aromatic heterocycles. The topological polar surface area (TPSA) is 33.5 Å². The maximum Gasteiger partial charge on any atom is 0.0622 e. The summed E-state index contributed by atoms with van der Waals surface area (Å²) >= 11 is 0. The molecule has 0 radical (unpaired) electrons. The molecular weight excluding hydrogens is 308 g/mol. The van der Waals surface area contributed by atoms with E-state index in [1.54, 1.807) is 0 Å². The first-order chi connectivity index (χ1) is 12.0. The van der Waals surface area contributed by atoms with Crippen LogP contribution in [0.4, 0.5) is 22.7 Å². The number of nitriles is 1. The number of benzene rings is 2. The summed E-state index contributed by atoms with van der Waals surface area (Å²) in [5.74, 6) is 0. The molecular formula is C21H26N4. The van der Waals surface area contributed by atoms with E-state index >= 15 is 0 Å². The van der Waals surface area contributed by atoms with E-state index in [4.69, 9.17) is 5.26 Å². The Morgan fingerprint density at radius 1 is 0.920 bits per heavy atom. The minimum absolute atomic E-state index is 0.585. The van der Waals surface area contributed by atoms with Crippen LogP contribution >= 0.6 is 0 Å². The molecule has 0 saturated heterocycles. The van der Waals surface area contributed by atoms with E-state index in [1.165, 1.54) is 33.9 Å². The van der Waals surface area contributed by atoms with Gasteiger partial charge in [0, 0.05) is 70.3 Å². The molecule has 1 aliphatic heterocycles. The summed E-state index contributed by atoms with van der Waals surface area (Å²) in [6.45, 7) is 0.862. The largest absolute Gasteiger partial charge is 0.378 e. The highest BCUT2D eigenvalue weighted by atomic mass is 15.2. The van der Waals surface area contributed by atoms with Crippen LogP contribution in [0.5, 0.6) is 0 Å². The normalized spacial score (nSPS) is 12.2. The van der Waals surface area contributed by atoms with Crippen molar-refractivity contribution >= 4 is 22.7 Å². The highest BCUT2D eigenvalue weighted by Gasteiger charge is 2.23. The summed E-state index contributed by atoms with van der Waals surface area (Å²) in [5.41, 5.74) is 7.66. The first-order valence-electron chi connectivity index (χ1n) is 8.76. The molecule has 0 atom stereocenters. The van der Waals surface area contributed by atoms with Crippen LogP contribution in [-0.2, 0) is 6.42 Å². The lowest BCUT2D eigenvalue weighted by Gasteiger charge is -2.35. The second-order valence-electron chi connectivity index (χ2n) is 7.00. The Bertz CT molecular complexity index is 745. The quantitative estimate of drug-likeness (QED) is 0.769. The maximum atomic E-state index is 8.94. The van der Waals surface area contributed by atoms with Crippen molar-refractivity contribution < 1.29 is 0 Å². The van der Waals surface area contributed by atoms with Crippen molar-refractivity contribution in [2.75, 3.05) is 49.4 Å². The molecule has 1 aliphatic rings. The van der Waals surface area contributed by atoms with Crippen LogP contribution in [-0.4, -0.2) is 34.7 Å². The van der Waals surface area contributed by atoms with Crippen molar-refractivity contribution in [2.24, 2.45) is 0 Å². The highest BCUT2D eigenvalue weighted by Crippen LogP contribution is 2.41. The number of unbranched alkanes of at least 4 members (excludes halogenated alkanes) is 1. The number of hydrogen-bond donors (Lipinski definition) is 0. The Morgan fingerprint density at radius 2 is 1.44 bits per heavy atom. The van der Waals surface area contributed by atoms with Crippen molar-refractivity contribution in [1.29, 1.82) is 5.26 Å². The van der Waals surface area contributed by atoms with E-state index in [2.05, 4.69) is 85.4 Å². The lowest BCUT2D eigenvalue weighted by atomic mass is 9.94. The number of anilines is 4. The van der Waals surface area contributed by atoms with Gasteiger partial charge in [0.05, 0.1) is 6.07 Å². The Hall–Kier alpha value is -2.67. The smallest absolute Gasteiger partial charge is 0.0622 e. The number of fused-ring (bicyclic) bond motifs is 2. The van der Waals surface area contributed by atoms with Crippen molar-refractivity contribution in [2.45, 2.75) is 19.3 Å². The maximum absolute atomic E-state index is 8.94. The van der Waals surface area contributed by atoms with Crippen LogP contribution in [0.3, 0.4) is 0 Å². The zero-order valence-corrected chi connectivity index (χ0v) is 15.6. The van der Waals surface area contributed by atoms with Crippen LogP contribution in [0.15, 0.2) is 36.4 Å². The fourth-order valence-electron chi connectivity index (χ4n) is 3.35. The summed E-state index contributed by atoms with van der Waals surface area (Å²) < 4.78 is 0. The molecule has 2 aromatic rings. The van der Waals surface area contributed by atoms with Gasteiger partial charge in [-0.05, 0) is 41.8 Å². The second kappa shape index (κ2) is 7.06. The van der Waals surface area contributed by atoms with Crippen LogP contribution < -0.4 is 14.7 Å². The van der Waals surface area contributed by atoms with E-state index in [-0.39, 0.29) is 0 Å². The summed E-state index contributed by atoms with van der Waals surface area (Å²) in [6.07, 6.45) is 2.41. The van der Waals surface area contributed by atoms with Crippen molar-refractivity contribution in [1.82, 2.24) is 0 Å². The van der Waals surface area contributed by atoms with E-state index < -0.39 is 0 Å². The van der Waals surface area contributed by atoms with E-state index in [0.717, 1.165) is 19.4 Å². The van der Waals surface area contributed by atoms with Crippen LogP contribution in [0.2, 0.25) is 0 Å². The first-order valence-corrected chi connectivity index (χ1v) is 8.76. The van der Waals surface area contributed by atoms with Gasteiger partial charge in [-0.25, -0.2) is 0 Å². The molecule has 0 aliphatic carbocycles. The molecule has 0 bridgehead atoms. The first kappa shape index (κ1) is 17.2. The molecule has 4 heteroatoms. The standard InChI is InChI=1S/C21H26N4/c1-23(2)18-9-7-16-13-17-8-10-19(24(3)4)15-21(17)25(20(16)14-18)12-6-5-11-22/h7-10,14-15H,5-6,12-13H2,1-4H3. The van der Waals surface area contributed by atoms with Gasteiger partial charge in [-0.3, -0.25) is 0 Å². The molecule has 0 N–H and O–H groups in total. The van der Waals surface area contributed by atoms with Gasteiger partial charge in [-0.1, -0.05) is 12.1 Å². The number of nitrogens with zero attached hydrogens (tertiary/aromatic N) is 4. The molecule has 0 fully saturated rings. The van der Waals surface area contributed by atoms with Crippen LogP contribution in [0, 0.1) is 11.3 Å². The van der Waals surface area contributed by atoms with E-state index in [9.17, 15) is 0 Å². The number of rotatable bonds is 5. The van der Waals surface area contributed by atoms with Gasteiger partial charge in [0.2, 0.25) is 0 Å². The number of hydrogen-bond acceptors (Lipinski definition) is 4. The fourth-order valence-corrected chi connectivity index (χ4v) is 3.35. The SMILES string of the molecule is CN(C)c1ccc2c(c1)N(CCCC#N)c1cc(N(C)C)ccc1C2. The summed E-state index contributed by atoms with van der Waals surface area (Å²) in [5, 5.41) is 8.94. The van der Waals surface area contributed by atoms with Gasteiger partial charge in [0.15, 0.2) is 0 Å². The zero-order valence-electron chi connectivity index (χ0n) is 15.6. The molecule has 3 rings (SSSR count). The lowest BCUT2D eigenvalue weighted by Crippen LogP contribution is -2.25. The third kappa shape index (κ3) is 3.41. The third-order valence-electron chi connectivity index (χ3n) is 4.80. The average molecular weight is 334 g/mol. The predicted molar refractivity (Wildman–Crippen MR) is 106 cm³/mol. The zero-order chi connectivity index (χ0) is 18.0. The minimum Gasteiger partial charge on any atom is -0.378 e. The molecule has 130 valence electrons. The van der Waals surface area contributed by atoms with Gasteiger partial charge in [-0.15, -0.1) is 0 Å². The summed E-state index contributed by atoms with van der Waals surface area (Å²) in [6, 6.07) is 15.7. The van der Waals surface area contributed by atoms with Crippen molar-refractivity contribution in [3.63, 3.8) is 0 Å². The highest BCUT2D eigenvalue weighted by molar-refractivity contribution is 5.79. The molecule has 0 spiro atoms. The Labute approximate surface area is 150 Å². The minimum atomic E-state index is 0.585. The molecule has 4 nitrogen and oxygen atoms in total. The third-order valence-corrected chi connectivity index (χ3v) is 4.80. The van der Waals surface area contributed by atoms with Crippen LogP contribution in [0.1, 0.15) is 24.0 Å². The molecule has 25 heavy (non-hydrogen) atoms. The molecule has 1 heterocycles. The lowest BCUT2D eigenvalue weighted by molar-refractivity contribution is 0.816. The van der Waals surface area contributed by atoms with Gasteiger partial charge in [0.1, 0.15) is 0 Å². The van der Waals surface area contributed by atoms with Gasteiger partial charge in [-0.2, -0.15) is 5.26 Å². The Kier molecular flexibility index (Phi) is 4.85. The van der Waals surface area contributed by atoms with Gasteiger partial charge >= 0.3 is 0 Å². The van der Waals surface area contributed by atoms with Gasteiger partial charge in [0.25, 0.3) is 0 Å². The van der Waals surface area contributed by atoms with E-state index in [0.29, 0.717) is 6.42 Å². The molecule has 2 aromatic carbocycles. The van der Waals surface area contributed by atoms with Crippen LogP contribution in [0.25, 0.3) is 0 Å². The Balaban J connectivity index is 2.07. The Morgan fingerprint density at radius 3 is 1.88 bits per heavy atom. The molecule has 0 saturated carbocycles. The van der Waals surface area contributed by atoms with Crippen molar-refractivity contribution in [3.05, 3.63) is 47.5 Å². The average Bonchev–Trinajstić information content (AvgIpc) is 2.60. The monoisotopic (exact) mass is 334 g/mol. The van der Waals surface area contributed by atoms with Gasteiger partial charge < -0.3 is 14.7 Å². The summed E-state index contributed by atoms with van der Waals surface area (Å²) in [4.78, 5) is 6.67. The molecule has 0 unspecified atom stereocenters. The molecule has 0 amide bonds. The second-order valence-corrected chi connectivity index (χ2v) is 7.00. The predicted octanol–water partition coefficient (Wildman–Crippen LogP) is 4.16. The van der Waals surface area contributed by atoms with Crippen molar-refractivity contribution in [3.8, 4) is 6.07 Å². The summed E-state index contributed by atoms with van der Waals surface area (Å²) in [7, 11) is 8.29. The van der Waals surface area contributed by atoms with E-state index in [1.807, 2.05) is 0 Å². The fraction of sp³-hybridized carbons (Fsp3) is 0.381.